The molecule has 0 spiro atoms. The highest BCUT2D eigenvalue weighted by atomic mass is 16.3. The molecule has 6 nitrogen and oxygen atoms in total. The van der Waals surface area contributed by atoms with Gasteiger partial charge in [-0.2, -0.15) is 4.98 Å². The van der Waals surface area contributed by atoms with Gasteiger partial charge in [0, 0.05) is 6.54 Å². The number of nitrogens with two attached hydrogens (primary N) is 1. The Labute approximate surface area is 88.5 Å². The molecule has 1 saturated heterocycles. The van der Waals surface area contributed by atoms with Gasteiger partial charge in [0.15, 0.2) is 0 Å². The van der Waals surface area contributed by atoms with Gasteiger partial charge in [-0.05, 0) is 12.8 Å². The van der Waals surface area contributed by atoms with Crippen molar-refractivity contribution in [1.82, 2.24) is 15.2 Å². The first-order valence-electron chi connectivity index (χ1n) is 5.36. The third-order valence-electron chi connectivity index (χ3n) is 2.84. The van der Waals surface area contributed by atoms with E-state index in [-0.39, 0.29) is 12.6 Å². The van der Waals surface area contributed by atoms with Crippen LogP contribution in [0.4, 0.5) is 11.9 Å². The maximum Gasteiger partial charge on any atom is 0.246 e. The molecule has 15 heavy (non-hydrogen) atoms. The summed E-state index contributed by atoms with van der Waals surface area (Å²) >= 11 is 0. The zero-order valence-corrected chi connectivity index (χ0v) is 8.69. The maximum absolute atomic E-state index is 9.32. The van der Waals surface area contributed by atoms with E-state index < -0.39 is 0 Å². The first kappa shape index (κ1) is 10.2. The predicted molar refractivity (Wildman–Crippen MR) is 57.5 cm³/mol. The molecule has 1 aromatic heterocycles. The van der Waals surface area contributed by atoms with Crippen LogP contribution >= 0.6 is 0 Å². The van der Waals surface area contributed by atoms with Crippen LogP contribution < -0.4 is 10.6 Å². The zero-order chi connectivity index (χ0) is 10.7. The summed E-state index contributed by atoms with van der Waals surface area (Å²) in [6.07, 6.45) is 4.46. The lowest BCUT2D eigenvalue weighted by molar-refractivity contribution is 0.254. The molecule has 84 valence electrons. The molecule has 1 aliphatic heterocycles. The van der Waals surface area contributed by atoms with Crippen molar-refractivity contribution in [3.63, 3.8) is 0 Å². The number of rotatable bonds is 2. The Morgan fingerprint density at radius 2 is 2.33 bits per heavy atom. The fraction of sp³-hybridized carbons (Fsp3) is 0.778. The van der Waals surface area contributed by atoms with Gasteiger partial charge in [0.25, 0.3) is 0 Å². The number of anilines is 2. The van der Waals surface area contributed by atoms with Gasteiger partial charge in [0.2, 0.25) is 11.9 Å². The Morgan fingerprint density at radius 1 is 1.47 bits per heavy atom. The van der Waals surface area contributed by atoms with E-state index in [1.165, 1.54) is 6.42 Å². The van der Waals surface area contributed by atoms with Crippen LogP contribution in [-0.4, -0.2) is 39.5 Å². The third-order valence-corrected chi connectivity index (χ3v) is 2.84. The van der Waals surface area contributed by atoms with Gasteiger partial charge in [-0.1, -0.05) is 12.8 Å². The molecule has 0 aliphatic carbocycles. The van der Waals surface area contributed by atoms with Gasteiger partial charge in [0.1, 0.15) is 0 Å². The van der Waals surface area contributed by atoms with Crippen molar-refractivity contribution in [1.29, 1.82) is 0 Å². The van der Waals surface area contributed by atoms with Gasteiger partial charge in [-0.25, -0.2) is 5.10 Å². The fourth-order valence-electron chi connectivity index (χ4n) is 2.02. The number of aromatic amines is 1. The summed E-state index contributed by atoms with van der Waals surface area (Å²) in [5, 5.41) is 16.0. The van der Waals surface area contributed by atoms with E-state index in [0.717, 1.165) is 25.8 Å². The summed E-state index contributed by atoms with van der Waals surface area (Å²) in [5.74, 6) is 0.930. The van der Waals surface area contributed by atoms with E-state index in [1.54, 1.807) is 0 Å². The summed E-state index contributed by atoms with van der Waals surface area (Å²) < 4.78 is 0. The molecule has 0 radical (unpaired) electrons. The minimum absolute atomic E-state index is 0.127. The van der Waals surface area contributed by atoms with Crippen LogP contribution in [-0.2, 0) is 0 Å². The van der Waals surface area contributed by atoms with E-state index in [2.05, 4.69) is 15.2 Å². The standard InChI is InChI=1S/C9H17N5O/c10-8-11-9(13-12-8)14-5-3-1-2-4-7(14)6-15/h7,15H,1-6H2,(H3,10,11,12,13). The molecule has 1 fully saturated rings. The van der Waals surface area contributed by atoms with Gasteiger partial charge >= 0.3 is 0 Å². The Kier molecular flexibility index (Phi) is 3.05. The second kappa shape index (κ2) is 4.48. The van der Waals surface area contributed by atoms with Crippen LogP contribution in [0, 0.1) is 0 Å². The first-order valence-corrected chi connectivity index (χ1v) is 5.36. The van der Waals surface area contributed by atoms with Crippen LogP contribution in [0.25, 0.3) is 0 Å². The Bertz CT molecular complexity index is 313. The highest BCUT2D eigenvalue weighted by Gasteiger charge is 2.23. The number of hydrogen-bond acceptors (Lipinski definition) is 5. The molecule has 1 atom stereocenters. The van der Waals surface area contributed by atoms with E-state index in [1.807, 2.05) is 4.90 Å². The maximum atomic E-state index is 9.32. The van der Waals surface area contributed by atoms with E-state index in [9.17, 15) is 5.11 Å². The smallest absolute Gasteiger partial charge is 0.246 e. The number of nitrogen functional groups attached to an aromatic ring is 1. The molecule has 1 aromatic rings. The quantitative estimate of drug-likeness (QED) is 0.646. The Morgan fingerprint density at radius 3 is 3.00 bits per heavy atom. The molecule has 1 unspecified atom stereocenters. The number of hydrogen-bond donors (Lipinski definition) is 3. The lowest BCUT2D eigenvalue weighted by atomic mass is 10.1. The predicted octanol–water partition coefficient (Wildman–Crippen LogP) is 0.128. The van der Waals surface area contributed by atoms with E-state index in [0.29, 0.717) is 11.9 Å². The highest BCUT2D eigenvalue weighted by molar-refractivity contribution is 5.35. The minimum atomic E-state index is 0.127. The summed E-state index contributed by atoms with van der Waals surface area (Å²) in [6, 6.07) is 0.127. The average molecular weight is 211 g/mol. The fourth-order valence-corrected chi connectivity index (χ4v) is 2.02. The van der Waals surface area contributed by atoms with Gasteiger partial charge in [-0.3, -0.25) is 0 Å². The van der Waals surface area contributed by atoms with Crippen LogP contribution in [0.3, 0.4) is 0 Å². The van der Waals surface area contributed by atoms with Crippen molar-refractivity contribution in [2.45, 2.75) is 31.7 Å². The summed E-state index contributed by atoms with van der Waals surface area (Å²) in [6.45, 7) is 1.04. The van der Waals surface area contributed by atoms with Gasteiger partial charge in [0.05, 0.1) is 12.6 Å². The lowest BCUT2D eigenvalue weighted by Gasteiger charge is -2.26. The number of H-pyrrole nitrogens is 1. The summed E-state index contributed by atoms with van der Waals surface area (Å²) in [7, 11) is 0. The number of aromatic nitrogens is 3. The van der Waals surface area contributed by atoms with Crippen molar-refractivity contribution >= 4 is 11.9 Å². The normalized spacial score (nSPS) is 22.7. The largest absolute Gasteiger partial charge is 0.394 e. The molecule has 1 aliphatic rings. The lowest BCUT2D eigenvalue weighted by Crippen LogP contribution is -2.38. The molecule has 2 heterocycles. The average Bonchev–Trinajstić information content (AvgIpc) is 2.54. The van der Waals surface area contributed by atoms with Gasteiger partial charge in [-0.15, -0.1) is 5.10 Å². The van der Waals surface area contributed by atoms with Crippen molar-refractivity contribution in [2.24, 2.45) is 0 Å². The second-order valence-electron chi connectivity index (χ2n) is 3.90. The highest BCUT2D eigenvalue weighted by Crippen LogP contribution is 2.20. The number of aliphatic hydroxyl groups is 1. The summed E-state index contributed by atoms with van der Waals surface area (Å²) in [4.78, 5) is 6.14. The van der Waals surface area contributed by atoms with Crippen LogP contribution in [0.2, 0.25) is 0 Å². The molecule has 6 heteroatoms. The molecule has 0 bridgehead atoms. The zero-order valence-electron chi connectivity index (χ0n) is 8.69. The number of nitrogens with one attached hydrogen (secondary N) is 1. The molecule has 2 rings (SSSR count). The minimum Gasteiger partial charge on any atom is -0.394 e. The second-order valence-corrected chi connectivity index (χ2v) is 3.90. The SMILES string of the molecule is Nc1nc(N2CCCCCC2CO)n[nH]1. The van der Waals surface area contributed by atoms with Crippen LogP contribution in [0.1, 0.15) is 25.7 Å². The van der Waals surface area contributed by atoms with E-state index in [4.69, 9.17) is 5.73 Å². The van der Waals surface area contributed by atoms with Crippen LogP contribution in [0.15, 0.2) is 0 Å². The molecule has 0 amide bonds. The number of nitrogens with zero attached hydrogens (tertiary/aromatic N) is 3. The Hall–Kier alpha value is -1.30. The molecule has 0 saturated carbocycles. The van der Waals surface area contributed by atoms with Gasteiger partial charge < -0.3 is 15.7 Å². The molecular weight excluding hydrogens is 194 g/mol. The number of aliphatic hydroxyl groups excluding tert-OH is 1. The van der Waals surface area contributed by atoms with Crippen molar-refractivity contribution in [3.05, 3.63) is 0 Å². The van der Waals surface area contributed by atoms with Crippen LogP contribution in [0.5, 0.6) is 0 Å². The van der Waals surface area contributed by atoms with Crippen molar-refractivity contribution in [2.75, 3.05) is 23.8 Å². The monoisotopic (exact) mass is 211 g/mol. The molecule has 4 N–H and O–H groups in total. The van der Waals surface area contributed by atoms with Crippen molar-refractivity contribution in [3.8, 4) is 0 Å². The third kappa shape index (κ3) is 2.20. The first-order chi connectivity index (χ1) is 7.31. The topological polar surface area (TPSA) is 91.1 Å². The van der Waals surface area contributed by atoms with Crippen molar-refractivity contribution < 1.29 is 5.11 Å². The Balaban J connectivity index is 2.16. The molecule has 0 aromatic carbocycles. The molecular formula is C9H17N5O. The summed E-state index contributed by atoms with van der Waals surface area (Å²) in [5.41, 5.74) is 5.49. The van der Waals surface area contributed by atoms with E-state index >= 15 is 0 Å².